The van der Waals surface area contributed by atoms with Crippen molar-refractivity contribution in [1.82, 2.24) is 9.88 Å². The highest BCUT2D eigenvalue weighted by Gasteiger charge is 2.12. The Bertz CT molecular complexity index is 967. The van der Waals surface area contributed by atoms with E-state index in [9.17, 15) is 4.79 Å². The summed E-state index contributed by atoms with van der Waals surface area (Å²) in [5, 5.41) is 10.1. The molecule has 0 unspecified atom stereocenters. The number of likely N-dealkylation sites (N-methyl/N-ethyl adjacent to an activating group) is 1. The second-order valence-corrected chi connectivity index (χ2v) is 6.71. The van der Waals surface area contributed by atoms with Gasteiger partial charge in [0.2, 0.25) is 5.91 Å². The molecule has 0 radical (unpaired) electrons. The smallest absolute Gasteiger partial charge is 0.226 e. The number of rotatable bonds is 6. The van der Waals surface area contributed by atoms with E-state index in [0.717, 1.165) is 33.3 Å². The molecule has 5 heteroatoms. The molecule has 0 aliphatic carbocycles. The van der Waals surface area contributed by atoms with Crippen LogP contribution in [0.3, 0.4) is 0 Å². The number of aliphatic hydroxyl groups excluding tert-OH is 1. The summed E-state index contributed by atoms with van der Waals surface area (Å²) in [7, 11) is 3.51. The van der Waals surface area contributed by atoms with Crippen LogP contribution in [0.25, 0.3) is 22.2 Å². The molecular formula is C22H24N2O3. The topological polar surface area (TPSA) is 62.7 Å². The Hall–Kier alpha value is -2.92. The maximum absolute atomic E-state index is 12.0. The fourth-order valence-corrected chi connectivity index (χ4v) is 2.99. The van der Waals surface area contributed by atoms with Crippen LogP contribution in [0.15, 0.2) is 48.5 Å². The SMILES string of the molecule is Cc1cc(-c2ccccc2OCCO)nc2cc(CC(=O)N(C)C)ccc12. The normalized spacial score (nSPS) is 10.8. The molecule has 0 fully saturated rings. The van der Waals surface area contributed by atoms with Gasteiger partial charge in [-0.15, -0.1) is 0 Å². The first-order valence-electron chi connectivity index (χ1n) is 8.93. The third-order valence-corrected chi connectivity index (χ3v) is 4.45. The number of fused-ring (bicyclic) bond motifs is 1. The standard InChI is InChI=1S/C22H24N2O3/c1-15-12-19(18-6-4-5-7-21(18)27-11-10-25)23-20-13-16(8-9-17(15)20)14-22(26)24(2)3/h4-9,12-13,25H,10-11,14H2,1-3H3. The quantitative estimate of drug-likeness (QED) is 0.730. The number of pyridine rings is 1. The Morgan fingerprint density at radius 3 is 2.67 bits per heavy atom. The molecule has 1 amide bonds. The summed E-state index contributed by atoms with van der Waals surface area (Å²) in [5.41, 5.74) is 4.59. The Balaban J connectivity index is 2.04. The van der Waals surface area contributed by atoms with Gasteiger partial charge in [0.1, 0.15) is 12.4 Å². The number of carbonyl (C=O) groups is 1. The molecule has 3 rings (SSSR count). The summed E-state index contributed by atoms with van der Waals surface area (Å²) in [6.45, 7) is 2.25. The summed E-state index contributed by atoms with van der Waals surface area (Å²) in [6.07, 6.45) is 0.351. The Kier molecular flexibility index (Phi) is 5.72. The van der Waals surface area contributed by atoms with Crippen LogP contribution in [-0.4, -0.2) is 48.2 Å². The predicted molar refractivity (Wildman–Crippen MR) is 107 cm³/mol. The maximum Gasteiger partial charge on any atom is 0.226 e. The minimum atomic E-state index is -0.0399. The molecule has 140 valence electrons. The zero-order chi connectivity index (χ0) is 19.4. The van der Waals surface area contributed by atoms with Gasteiger partial charge in [-0.25, -0.2) is 4.98 Å². The summed E-state index contributed by atoms with van der Waals surface area (Å²) < 4.78 is 5.66. The molecule has 1 aromatic heterocycles. The van der Waals surface area contributed by atoms with Crippen molar-refractivity contribution in [2.75, 3.05) is 27.3 Å². The van der Waals surface area contributed by atoms with Crippen LogP contribution >= 0.6 is 0 Å². The predicted octanol–water partition coefficient (Wildman–Crippen LogP) is 3.21. The first-order valence-corrected chi connectivity index (χ1v) is 8.93. The van der Waals surface area contributed by atoms with Crippen molar-refractivity contribution in [2.24, 2.45) is 0 Å². The van der Waals surface area contributed by atoms with Gasteiger partial charge >= 0.3 is 0 Å². The van der Waals surface area contributed by atoms with Crippen molar-refractivity contribution in [3.05, 3.63) is 59.7 Å². The molecule has 1 N–H and O–H groups in total. The number of aliphatic hydroxyl groups is 1. The van der Waals surface area contributed by atoms with E-state index in [0.29, 0.717) is 12.2 Å². The zero-order valence-electron chi connectivity index (χ0n) is 15.9. The van der Waals surface area contributed by atoms with Gasteiger partial charge in [0, 0.05) is 25.0 Å². The van der Waals surface area contributed by atoms with Crippen LogP contribution in [0.4, 0.5) is 0 Å². The van der Waals surface area contributed by atoms with Crippen molar-refractivity contribution < 1.29 is 14.6 Å². The van der Waals surface area contributed by atoms with Gasteiger partial charge in [0.15, 0.2) is 0 Å². The number of aryl methyl sites for hydroxylation is 1. The van der Waals surface area contributed by atoms with E-state index in [1.807, 2.05) is 48.5 Å². The van der Waals surface area contributed by atoms with Crippen LogP contribution in [0, 0.1) is 6.92 Å². The van der Waals surface area contributed by atoms with Gasteiger partial charge in [-0.3, -0.25) is 4.79 Å². The number of benzene rings is 2. The molecule has 2 aromatic carbocycles. The average Bonchev–Trinajstić information content (AvgIpc) is 2.66. The molecule has 0 spiro atoms. The van der Waals surface area contributed by atoms with Gasteiger partial charge in [-0.2, -0.15) is 0 Å². The Labute approximate surface area is 159 Å². The lowest BCUT2D eigenvalue weighted by atomic mass is 10.0. The number of amides is 1. The average molecular weight is 364 g/mol. The minimum absolute atomic E-state index is 0.0399. The van der Waals surface area contributed by atoms with E-state index in [1.54, 1.807) is 19.0 Å². The fraction of sp³-hybridized carbons (Fsp3) is 0.273. The van der Waals surface area contributed by atoms with Crippen molar-refractivity contribution in [1.29, 1.82) is 0 Å². The van der Waals surface area contributed by atoms with Crippen LogP contribution in [-0.2, 0) is 11.2 Å². The van der Waals surface area contributed by atoms with Gasteiger partial charge in [-0.05, 0) is 42.3 Å². The third-order valence-electron chi connectivity index (χ3n) is 4.45. The van der Waals surface area contributed by atoms with Crippen molar-refractivity contribution in [3.8, 4) is 17.0 Å². The summed E-state index contributed by atoms with van der Waals surface area (Å²) >= 11 is 0. The van der Waals surface area contributed by atoms with E-state index < -0.39 is 0 Å². The second-order valence-electron chi connectivity index (χ2n) is 6.71. The number of hydrogen-bond donors (Lipinski definition) is 1. The van der Waals surface area contributed by atoms with Crippen molar-refractivity contribution in [3.63, 3.8) is 0 Å². The summed E-state index contributed by atoms with van der Waals surface area (Å²) in [4.78, 5) is 18.4. The molecule has 0 aliphatic heterocycles. The molecule has 0 saturated heterocycles. The largest absolute Gasteiger partial charge is 0.490 e. The van der Waals surface area contributed by atoms with E-state index in [2.05, 4.69) is 6.92 Å². The lowest BCUT2D eigenvalue weighted by Crippen LogP contribution is -2.23. The molecule has 0 saturated carbocycles. The zero-order valence-corrected chi connectivity index (χ0v) is 15.9. The number of hydrogen-bond acceptors (Lipinski definition) is 4. The van der Waals surface area contributed by atoms with Crippen LogP contribution in [0.1, 0.15) is 11.1 Å². The van der Waals surface area contributed by atoms with Gasteiger partial charge in [-0.1, -0.05) is 24.3 Å². The molecule has 5 nitrogen and oxygen atoms in total. The fourth-order valence-electron chi connectivity index (χ4n) is 2.99. The van der Waals surface area contributed by atoms with E-state index >= 15 is 0 Å². The maximum atomic E-state index is 12.0. The van der Waals surface area contributed by atoms with E-state index in [4.69, 9.17) is 14.8 Å². The Morgan fingerprint density at radius 2 is 1.93 bits per heavy atom. The highest BCUT2D eigenvalue weighted by Crippen LogP contribution is 2.31. The first-order chi connectivity index (χ1) is 13.0. The second kappa shape index (κ2) is 8.18. The molecule has 1 heterocycles. The molecule has 0 bridgehead atoms. The Morgan fingerprint density at radius 1 is 1.15 bits per heavy atom. The third kappa shape index (κ3) is 4.26. The van der Waals surface area contributed by atoms with Gasteiger partial charge < -0.3 is 14.7 Å². The highest BCUT2D eigenvalue weighted by molar-refractivity contribution is 5.87. The number of carbonyl (C=O) groups excluding carboxylic acids is 1. The highest BCUT2D eigenvalue weighted by atomic mass is 16.5. The number of nitrogens with zero attached hydrogens (tertiary/aromatic N) is 2. The van der Waals surface area contributed by atoms with Gasteiger partial charge in [0.25, 0.3) is 0 Å². The monoisotopic (exact) mass is 364 g/mol. The number of para-hydroxylation sites is 1. The van der Waals surface area contributed by atoms with Crippen LogP contribution in [0.5, 0.6) is 5.75 Å². The summed E-state index contributed by atoms with van der Waals surface area (Å²) in [6, 6.07) is 15.7. The molecule has 0 atom stereocenters. The number of aromatic nitrogens is 1. The molecule has 0 aliphatic rings. The first kappa shape index (κ1) is 18.9. The number of ether oxygens (including phenoxy) is 1. The van der Waals surface area contributed by atoms with Gasteiger partial charge in [0.05, 0.1) is 24.2 Å². The van der Waals surface area contributed by atoms with Crippen molar-refractivity contribution >= 4 is 16.8 Å². The lowest BCUT2D eigenvalue weighted by Gasteiger charge is -2.13. The van der Waals surface area contributed by atoms with Crippen molar-refractivity contribution in [2.45, 2.75) is 13.3 Å². The molecule has 3 aromatic rings. The minimum Gasteiger partial charge on any atom is -0.490 e. The molecular weight excluding hydrogens is 340 g/mol. The lowest BCUT2D eigenvalue weighted by molar-refractivity contribution is -0.127. The van der Waals surface area contributed by atoms with Crippen LogP contribution < -0.4 is 4.74 Å². The van der Waals surface area contributed by atoms with E-state index in [-0.39, 0.29) is 19.1 Å². The summed E-state index contributed by atoms with van der Waals surface area (Å²) in [5.74, 6) is 0.752. The molecule has 27 heavy (non-hydrogen) atoms. The van der Waals surface area contributed by atoms with E-state index in [1.165, 1.54) is 0 Å². The van der Waals surface area contributed by atoms with Crippen LogP contribution in [0.2, 0.25) is 0 Å².